The molecule has 16 heavy (non-hydrogen) atoms. The lowest BCUT2D eigenvalue weighted by Gasteiger charge is -2.08. The average molecular weight is 298 g/mol. The second-order valence-corrected chi connectivity index (χ2v) is 5.02. The van der Waals surface area contributed by atoms with Gasteiger partial charge in [0.25, 0.3) is 0 Å². The molecule has 0 aliphatic carbocycles. The van der Waals surface area contributed by atoms with Crippen molar-refractivity contribution in [2.24, 2.45) is 0 Å². The Labute approximate surface area is 108 Å². The molecule has 0 spiro atoms. The van der Waals surface area contributed by atoms with Crippen molar-refractivity contribution in [3.8, 4) is 0 Å². The monoisotopic (exact) mass is 296 g/mol. The summed E-state index contributed by atoms with van der Waals surface area (Å²) in [6.45, 7) is 0. The maximum Gasteiger partial charge on any atom is 0.138 e. The minimum atomic E-state index is -0.454. The molecular weight excluding hydrogens is 287 g/mol. The number of alkyl halides is 1. The number of carbonyl (C=O) groups excluding carboxylic acids is 1. The van der Waals surface area contributed by atoms with E-state index in [1.807, 2.05) is 36.4 Å². The number of benzene rings is 2. The molecule has 0 aliphatic rings. The highest BCUT2D eigenvalue weighted by atomic mass is 79.9. The van der Waals surface area contributed by atoms with Crippen LogP contribution >= 0.6 is 27.5 Å². The first-order valence-corrected chi connectivity index (χ1v) is 6.21. The second kappa shape index (κ2) is 4.98. The van der Waals surface area contributed by atoms with Gasteiger partial charge in [0, 0.05) is 4.47 Å². The number of halogens is 2. The van der Waals surface area contributed by atoms with Gasteiger partial charge in [0.05, 0.1) is 5.38 Å². The topological polar surface area (TPSA) is 17.1 Å². The van der Waals surface area contributed by atoms with E-state index in [1.54, 1.807) is 0 Å². The van der Waals surface area contributed by atoms with E-state index in [0.717, 1.165) is 27.1 Å². The van der Waals surface area contributed by atoms with Gasteiger partial charge in [0.2, 0.25) is 0 Å². The fourth-order valence-electron chi connectivity index (χ4n) is 1.76. The van der Waals surface area contributed by atoms with Crippen LogP contribution in [-0.2, 0) is 11.2 Å². The summed E-state index contributed by atoms with van der Waals surface area (Å²) in [4.78, 5) is 10.6. The maximum absolute atomic E-state index is 10.6. The summed E-state index contributed by atoms with van der Waals surface area (Å²) in [5.41, 5.74) is 1.10. The third kappa shape index (κ3) is 2.28. The molecule has 0 radical (unpaired) electrons. The Kier molecular flexibility index (Phi) is 3.62. The number of fused-ring (bicyclic) bond motifs is 1. The Morgan fingerprint density at radius 1 is 1.19 bits per heavy atom. The highest BCUT2D eigenvalue weighted by molar-refractivity contribution is 9.10. The van der Waals surface area contributed by atoms with E-state index >= 15 is 0 Å². The first kappa shape index (κ1) is 11.6. The van der Waals surface area contributed by atoms with Gasteiger partial charge < -0.3 is 4.79 Å². The predicted molar refractivity (Wildman–Crippen MR) is 71.1 cm³/mol. The summed E-state index contributed by atoms with van der Waals surface area (Å²) >= 11 is 9.37. The molecule has 0 aromatic heterocycles. The molecular formula is C13H10BrClO. The van der Waals surface area contributed by atoms with Crippen molar-refractivity contribution in [1.29, 1.82) is 0 Å². The molecule has 0 saturated heterocycles. The van der Waals surface area contributed by atoms with Crippen LogP contribution in [0.2, 0.25) is 0 Å². The molecule has 1 nitrogen and oxygen atoms in total. The van der Waals surface area contributed by atoms with Crippen LogP contribution in [0.25, 0.3) is 10.8 Å². The van der Waals surface area contributed by atoms with Crippen LogP contribution in [0.3, 0.4) is 0 Å². The fourth-order valence-corrected chi connectivity index (χ4v) is 2.41. The van der Waals surface area contributed by atoms with Crippen molar-refractivity contribution >= 4 is 44.6 Å². The number of hydrogen-bond donors (Lipinski definition) is 0. The zero-order valence-corrected chi connectivity index (χ0v) is 10.8. The normalized spacial score (nSPS) is 12.6. The second-order valence-electron chi connectivity index (χ2n) is 3.61. The number of hydrogen-bond acceptors (Lipinski definition) is 1. The van der Waals surface area contributed by atoms with Crippen LogP contribution in [-0.4, -0.2) is 11.7 Å². The SMILES string of the molecule is O=CC(Cl)Cc1ccc(Br)c2ccccc12. The van der Waals surface area contributed by atoms with Crippen LogP contribution in [0.1, 0.15) is 5.56 Å². The van der Waals surface area contributed by atoms with Gasteiger partial charge >= 0.3 is 0 Å². The molecule has 2 aromatic rings. The van der Waals surface area contributed by atoms with E-state index in [-0.39, 0.29) is 0 Å². The van der Waals surface area contributed by atoms with Crippen LogP contribution in [0.4, 0.5) is 0 Å². The molecule has 0 amide bonds. The third-order valence-corrected chi connectivity index (χ3v) is 3.47. The van der Waals surface area contributed by atoms with E-state index in [2.05, 4.69) is 15.9 Å². The zero-order chi connectivity index (χ0) is 11.5. The molecule has 0 heterocycles. The number of carbonyl (C=O) groups is 1. The molecule has 2 aromatic carbocycles. The van der Waals surface area contributed by atoms with Gasteiger partial charge in [-0.2, -0.15) is 0 Å². The maximum atomic E-state index is 10.6. The molecule has 0 fully saturated rings. The van der Waals surface area contributed by atoms with E-state index in [4.69, 9.17) is 11.6 Å². The summed E-state index contributed by atoms with van der Waals surface area (Å²) in [6, 6.07) is 12.1. The number of aldehydes is 1. The van der Waals surface area contributed by atoms with E-state index in [9.17, 15) is 4.79 Å². The van der Waals surface area contributed by atoms with Crippen molar-refractivity contribution in [3.63, 3.8) is 0 Å². The molecule has 0 N–H and O–H groups in total. The van der Waals surface area contributed by atoms with Gasteiger partial charge in [-0.25, -0.2) is 0 Å². The zero-order valence-electron chi connectivity index (χ0n) is 8.49. The molecule has 3 heteroatoms. The molecule has 2 rings (SSSR count). The third-order valence-electron chi connectivity index (χ3n) is 2.52. The van der Waals surface area contributed by atoms with Crippen LogP contribution in [0.5, 0.6) is 0 Å². The van der Waals surface area contributed by atoms with Gasteiger partial charge in [-0.05, 0) is 28.8 Å². The summed E-state index contributed by atoms with van der Waals surface area (Å²) < 4.78 is 1.06. The van der Waals surface area contributed by atoms with Gasteiger partial charge in [0.15, 0.2) is 0 Å². The van der Waals surface area contributed by atoms with E-state index in [0.29, 0.717) is 6.42 Å². The standard InChI is InChI=1S/C13H10BrClO/c14-13-6-5-9(7-10(15)8-16)11-3-1-2-4-12(11)13/h1-6,8,10H,7H2. The Morgan fingerprint density at radius 3 is 2.56 bits per heavy atom. The van der Waals surface area contributed by atoms with E-state index < -0.39 is 5.38 Å². The van der Waals surface area contributed by atoms with Gasteiger partial charge in [-0.15, -0.1) is 11.6 Å². The Morgan fingerprint density at radius 2 is 1.88 bits per heavy atom. The minimum Gasteiger partial charge on any atom is -0.302 e. The van der Waals surface area contributed by atoms with Gasteiger partial charge in [-0.1, -0.05) is 46.3 Å². The van der Waals surface area contributed by atoms with Crippen molar-refractivity contribution in [2.75, 3.05) is 0 Å². The predicted octanol–water partition coefficient (Wildman–Crippen LogP) is 3.95. The van der Waals surface area contributed by atoms with Gasteiger partial charge in [0.1, 0.15) is 6.29 Å². The molecule has 82 valence electrons. The van der Waals surface area contributed by atoms with Gasteiger partial charge in [-0.3, -0.25) is 0 Å². The molecule has 0 saturated carbocycles. The largest absolute Gasteiger partial charge is 0.302 e. The lowest BCUT2D eigenvalue weighted by Crippen LogP contribution is -2.04. The molecule has 0 bridgehead atoms. The summed E-state index contributed by atoms with van der Waals surface area (Å²) in [5.74, 6) is 0. The lowest BCUT2D eigenvalue weighted by atomic mass is 10.0. The lowest BCUT2D eigenvalue weighted by molar-refractivity contribution is -0.107. The van der Waals surface area contributed by atoms with Crippen molar-refractivity contribution in [1.82, 2.24) is 0 Å². The van der Waals surface area contributed by atoms with Crippen molar-refractivity contribution in [2.45, 2.75) is 11.8 Å². The molecule has 1 unspecified atom stereocenters. The fraction of sp³-hybridized carbons (Fsp3) is 0.154. The minimum absolute atomic E-state index is 0.454. The Hall–Kier alpha value is -0.860. The smallest absolute Gasteiger partial charge is 0.138 e. The quantitative estimate of drug-likeness (QED) is 0.619. The summed E-state index contributed by atoms with van der Waals surface area (Å²) in [6.07, 6.45) is 1.34. The van der Waals surface area contributed by atoms with Crippen molar-refractivity contribution < 1.29 is 4.79 Å². The summed E-state index contributed by atoms with van der Waals surface area (Å²) in [7, 11) is 0. The Balaban J connectivity index is 2.54. The van der Waals surface area contributed by atoms with Crippen LogP contribution in [0, 0.1) is 0 Å². The number of rotatable bonds is 3. The Bertz CT molecular complexity index is 524. The highest BCUT2D eigenvalue weighted by Crippen LogP contribution is 2.27. The van der Waals surface area contributed by atoms with Crippen LogP contribution in [0.15, 0.2) is 40.9 Å². The average Bonchev–Trinajstić information content (AvgIpc) is 2.33. The highest BCUT2D eigenvalue weighted by Gasteiger charge is 2.08. The van der Waals surface area contributed by atoms with E-state index in [1.165, 1.54) is 0 Å². The summed E-state index contributed by atoms with van der Waals surface area (Å²) in [5, 5.41) is 1.84. The van der Waals surface area contributed by atoms with Crippen molar-refractivity contribution in [3.05, 3.63) is 46.4 Å². The van der Waals surface area contributed by atoms with Crippen LogP contribution < -0.4 is 0 Å². The molecule has 0 aliphatic heterocycles. The first-order valence-electron chi connectivity index (χ1n) is 4.98. The first-order chi connectivity index (χ1) is 7.72. The molecule has 1 atom stereocenters.